The molecule has 24 heavy (non-hydrogen) atoms. The highest BCUT2D eigenvalue weighted by Gasteiger charge is 2.00. The van der Waals surface area contributed by atoms with Gasteiger partial charge in [-0.3, -0.25) is 4.98 Å². The molecule has 2 N–H and O–H groups in total. The van der Waals surface area contributed by atoms with E-state index in [-0.39, 0.29) is 0 Å². The minimum Gasteiger partial charge on any atom is -0.378 e. The number of benzene rings is 1. The number of aromatic nitrogens is 1. The Bertz CT molecular complexity index is 620. The van der Waals surface area contributed by atoms with Crippen molar-refractivity contribution < 1.29 is 0 Å². The van der Waals surface area contributed by atoms with E-state index in [0.717, 1.165) is 31.2 Å². The Morgan fingerprint density at radius 1 is 1.08 bits per heavy atom. The predicted molar refractivity (Wildman–Crippen MR) is 102 cm³/mol. The third kappa shape index (κ3) is 5.91. The van der Waals surface area contributed by atoms with Crippen LogP contribution in [0, 0.1) is 0 Å². The van der Waals surface area contributed by atoms with E-state index in [4.69, 9.17) is 0 Å². The van der Waals surface area contributed by atoms with Crippen LogP contribution in [-0.2, 0) is 13.0 Å². The molecule has 5 heteroatoms. The van der Waals surface area contributed by atoms with Crippen molar-refractivity contribution >= 4 is 11.6 Å². The maximum Gasteiger partial charge on any atom is 0.191 e. The van der Waals surface area contributed by atoms with Crippen LogP contribution in [0.2, 0.25) is 0 Å². The molecule has 0 aliphatic carbocycles. The molecule has 0 fully saturated rings. The standard InChI is InChI=1S/C19H27N5/c1-4-20-19(22-14-12-17-7-5-6-13-21-17)23-15-16-8-10-18(11-9-16)24(2)3/h5-11,13H,4,12,14-15H2,1-3H3,(H2,20,22,23). The molecule has 0 aliphatic heterocycles. The summed E-state index contributed by atoms with van der Waals surface area (Å²) >= 11 is 0. The van der Waals surface area contributed by atoms with Crippen molar-refractivity contribution in [3.63, 3.8) is 0 Å². The van der Waals surface area contributed by atoms with Gasteiger partial charge in [0.1, 0.15) is 0 Å². The summed E-state index contributed by atoms with van der Waals surface area (Å²) in [4.78, 5) is 11.1. The van der Waals surface area contributed by atoms with Crippen LogP contribution in [0.15, 0.2) is 53.7 Å². The number of pyridine rings is 1. The summed E-state index contributed by atoms with van der Waals surface area (Å²) < 4.78 is 0. The van der Waals surface area contributed by atoms with E-state index in [9.17, 15) is 0 Å². The highest BCUT2D eigenvalue weighted by Crippen LogP contribution is 2.12. The number of aliphatic imine (C=N–C) groups is 1. The van der Waals surface area contributed by atoms with E-state index in [1.165, 1.54) is 11.3 Å². The lowest BCUT2D eigenvalue weighted by Crippen LogP contribution is -2.38. The molecule has 0 aliphatic rings. The van der Waals surface area contributed by atoms with Gasteiger partial charge in [-0.2, -0.15) is 0 Å². The number of rotatable bonds is 7. The highest BCUT2D eigenvalue weighted by atomic mass is 15.2. The van der Waals surface area contributed by atoms with Gasteiger partial charge in [0.2, 0.25) is 0 Å². The first-order valence-electron chi connectivity index (χ1n) is 8.37. The fraction of sp³-hybridized carbons (Fsp3) is 0.368. The van der Waals surface area contributed by atoms with Crippen molar-refractivity contribution in [3.05, 3.63) is 59.9 Å². The third-order valence-corrected chi connectivity index (χ3v) is 3.62. The van der Waals surface area contributed by atoms with Gasteiger partial charge in [-0.1, -0.05) is 18.2 Å². The van der Waals surface area contributed by atoms with Gasteiger partial charge in [0.25, 0.3) is 0 Å². The Hall–Kier alpha value is -2.56. The van der Waals surface area contributed by atoms with Crippen molar-refractivity contribution in [3.8, 4) is 0 Å². The lowest BCUT2D eigenvalue weighted by atomic mass is 10.2. The van der Waals surface area contributed by atoms with Crippen molar-refractivity contribution in [1.29, 1.82) is 0 Å². The first-order chi connectivity index (χ1) is 11.7. The molecule has 0 unspecified atom stereocenters. The molecule has 0 saturated carbocycles. The summed E-state index contributed by atoms with van der Waals surface area (Å²) in [6, 6.07) is 14.5. The van der Waals surface area contributed by atoms with Crippen LogP contribution >= 0.6 is 0 Å². The normalized spacial score (nSPS) is 11.2. The molecule has 2 aromatic rings. The van der Waals surface area contributed by atoms with Gasteiger partial charge >= 0.3 is 0 Å². The number of nitrogens with zero attached hydrogens (tertiary/aromatic N) is 3. The van der Waals surface area contributed by atoms with Gasteiger partial charge in [-0.05, 0) is 36.8 Å². The summed E-state index contributed by atoms with van der Waals surface area (Å²) in [5.74, 6) is 0.838. The molecule has 0 spiro atoms. The quantitative estimate of drug-likeness (QED) is 0.606. The number of hydrogen-bond donors (Lipinski definition) is 2. The fourth-order valence-electron chi connectivity index (χ4n) is 2.27. The summed E-state index contributed by atoms with van der Waals surface area (Å²) in [6.07, 6.45) is 2.70. The van der Waals surface area contributed by atoms with Gasteiger partial charge in [0.15, 0.2) is 5.96 Å². The molecule has 0 saturated heterocycles. The van der Waals surface area contributed by atoms with E-state index < -0.39 is 0 Å². The second-order valence-corrected chi connectivity index (χ2v) is 5.75. The molecule has 2 rings (SSSR count). The molecular weight excluding hydrogens is 298 g/mol. The first-order valence-corrected chi connectivity index (χ1v) is 8.37. The predicted octanol–water partition coefficient (Wildman–Crippen LogP) is 2.45. The van der Waals surface area contributed by atoms with Crippen LogP contribution in [-0.4, -0.2) is 38.1 Å². The summed E-state index contributed by atoms with van der Waals surface area (Å²) in [5, 5.41) is 6.64. The Morgan fingerprint density at radius 3 is 2.50 bits per heavy atom. The smallest absolute Gasteiger partial charge is 0.191 e. The molecular formula is C19H27N5. The summed E-state index contributed by atoms with van der Waals surface area (Å²) in [6.45, 7) is 4.38. The second-order valence-electron chi connectivity index (χ2n) is 5.75. The number of anilines is 1. The summed E-state index contributed by atoms with van der Waals surface area (Å²) in [5.41, 5.74) is 3.48. The van der Waals surface area contributed by atoms with E-state index >= 15 is 0 Å². The molecule has 0 radical (unpaired) electrons. The van der Waals surface area contributed by atoms with Crippen LogP contribution in [0.4, 0.5) is 5.69 Å². The Balaban J connectivity index is 1.87. The third-order valence-electron chi connectivity index (χ3n) is 3.62. The van der Waals surface area contributed by atoms with Gasteiger partial charge in [0, 0.05) is 51.2 Å². The van der Waals surface area contributed by atoms with Crippen LogP contribution in [0.3, 0.4) is 0 Å². The zero-order valence-corrected chi connectivity index (χ0v) is 14.8. The number of hydrogen-bond acceptors (Lipinski definition) is 3. The average molecular weight is 325 g/mol. The molecule has 0 bridgehead atoms. The fourth-order valence-corrected chi connectivity index (χ4v) is 2.27. The Labute approximate surface area is 144 Å². The average Bonchev–Trinajstić information content (AvgIpc) is 2.61. The molecule has 1 aromatic carbocycles. The van der Waals surface area contributed by atoms with Crippen LogP contribution < -0.4 is 15.5 Å². The second kappa shape index (κ2) is 9.55. The summed E-state index contributed by atoms with van der Waals surface area (Å²) in [7, 11) is 4.09. The van der Waals surface area contributed by atoms with Gasteiger partial charge in [-0.25, -0.2) is 4.99 Å². The van der Waals surface area contributed by atoms with Crippen LogP contribution in [0.1, 0.15) is 18.2 Å². The maximum absolute atomic E-state index is 4.65. The molecule has 1 heterocycles. The minimum absolute atomic E-state index is 0.659. The number of guanidine groups is 1. The Kier molecular flexibility index (Phi) is 7.08. The lowest BCUT2D eigenvalue weighted by Gasteiger charge is -2.13. The van der Waals surface area contributed by atoms with Crippen LogP contribution in [0.25, 0.3) is 0 Å². The first kappa shape index (κ1) is 17.8. The van der Waals surface area contributed by atoms with Gasteiger partial charge in [-0.15, -0.1) is 0 Å². The topological polar surface area (TPSA) is 52.6 Å². The molecule has 128 valence electrons. The minimum atomic E-state index is 0.659. The molecule has 0 atom stereocenters. The Morgan fingerprint density at radius 2 is 1.88 bits per heavy atom. The van der Waals surface area contributed by atoms with Crippen molar-refractivity contribution in [2.24, 2.45) is 4.99 Å². The highest BCUT2D eigenvalue weighted by molar-refractivity contribution is 5.79. The van der Waals surface area contributed by atoms with E-state index in [1.807, 2.05) is 38.5 Å². The van der Waals surface area contributed by atoms with E-state index in [0.29, 0.717) is 6.54 Å². The van der Waals surface area contributed by atoms with Gasteiger partial charge in [0.05, 0.1) is 6.54 Å². The van der Waals surface area contributed by atoms with Gasteiger partial charge < -0.3 is 15.5 Å². The zero-order chi connectivity index (χ0) is 17.2. The van der Waals surface area contributed by atoms with Crippen molar-refractivity contribution in [2.75, 3.05) is 32.1 Å². The molecule has 1 aromatic heterocycles. The van der Waals surface area contributed by atoms with E-state index in [1.54, 1.807) is 0 Å². The number of nitrogens with one attached hydrogen (secondary N) is 2. The lowest BCUT2D eigenvalue weighted by molar-refractivity contribution is 0.788. The van der Waals surface area contributed by atoms with Crippen molar-refractivity contribution in [1.82, 2.24) is 15.6 Å². The van der Waals surface area contributed by atoms with Crippen LogP contribution in [0.5, 0.6) is 0 Å². The maximum atomic E-state index is 4.65. The van der Waals surface area contributed by atoms with E-state index in [2.05, 4.69) is 56.7 Å². The monoisotopic (exact) mass is 325 g/mol. The SMILES string of the molecule is CCNC(=NCc1ccc(N(C)C)cc1)NCCc1ccccn1. The molecule has 0 amide bonds. The largest absolute Gasteiger partial charge is 0.378 e. The van der Waals surface area contributed by atoms with Crippen molar-refractivity contribution in [2.45, 2.75) is 19.9 Å². The molecule has 5 nitrogen and oxygen atoms in total. The zero-order valence-electron chi connectivity index (χ0n) is 14.8.